The van der Waals surface area contributed by atoms with Crippen molar-refractivity contribution in [2.75, 3.05) is 5.73 Å². The van der Waals surface area contributed by atoms with Gasteiger partial charge >= 0.3 is 0 Å². The molecular weight excluding hydrogens is 140 g/mol. The summed E-state index contributed by atoms with van der Waals surface area (Å²) in [7, 11) is 0. The highest BCUT2D eigenvalue weighted by Crippen LogP contribution is 2.24. The predicted octanol–water partition coefficient (Wildman–Crippen LogP) is 1.61. The third-order valence-electron chi connectivity index (χ3n) is 0.645. The molecular formula is C4H5N2S2. The molecule has 1 rings (SSSR count). The minimum Gasteiger partial charge on any atom is -0.375 e. The molecule has 1 aromatic rings. The molecule has 0 aliphatic heterocycles. The van der Waals surface area contributed by atoms with Gasteiger partial charge in [0.2, 0.25) is 0 Å². The number of thioether (sulfide) groups is 1. The van der Waals surface area contributed by atoms with Crippen LogP contribution in [0.4, 0.5) is 5.13 Å². The van der Waals surface area contributed by atoms with E-state index in [0.717, 1.165) is 4.21 Å². The maximum Gasteiger partial charge on any atom is 0.181 e. The summed E-state index contributed by atoms with van der Waals surface area (Å²) >= 11 is 2.87. The summed E-state index contributed by atoms with van der Waals surface area (Å²) in [6, 6.07) is 0. The second-order valence-corrected chi connectivity index (χ2v) is 3.21. The number of thiazole rings is 1. The van der Waals surface area contributed by atoms with Crippen molar-refractivity contribution in [3.63, 3.8) is 0 Å². The van der Waals surface area contributed by atoms with E-state index in [2.05, 4.69) is 11.2 Å². The van der Waals surface area contributed by atoms with E-state index in [0.29, 0.717) is 5.13 Å². The highest BCUT2D eigenvalue weighted by Gasteiger charge is 1.92. The van der Waals surface area contributed by atoms with Gasteiger partial charge in [0.05, 0.1) is 10.4 Å². The van der Waals surface area contributed by atoms with E-state index in [4.69, 9.17) is 5.73 Å². The van der Waals surface area contributed by atoms with Gasteiger partial charge in [-0.05, 0) is 0 Å². The standard InChI is InChI=1S/C4H5N2S2/c1-7-3-2-6-4(5)8-3/h2H,1H2,(H2,5,6). The summed E-state index contributed by atoms with van der Waals surface area (Å²) in [5.41, 5.74) is 5.32. The lowest BCUT2D eigenvalue weighted by Gasteiger charge is -1.77. The van der Waals surface area contributed by atoms with Crippen molar-refractivity contribution in [3.8, 4) is 0 Å². The van der Waals surface area contributed by atoms with Gasteiger partial charge in [-0.15, -0.1) is 11.8 Å². The maximum atomic E-state index is 5.32. The molecule has 0 amide bonds. The molecule has 0 aromatic carbocycles. The molecule has 0 saturated carbocycles. The minimum atomic E-state index is 0.608. The normalized spacial score (nSPS) is 9.62. The molecule has 8 heavy (non-hydrogen) atoms. The van der Waals surface area contributed by atoms with E-state index in [-0.39, 0.29) is 0 Å². The molecule has 0 aliphatic carbocycles. The van der Waals surface area contributed by atoms with E-state index in [9.17, 15) is 0 Å². The van der Waals surface area contributed by atoms with E-state index < -0.39 is 0 Å². The zero-order chi connectivity index (χ0) is 5.98. The van der Waals surface area contributed by atoms with Crippen LogP contribution in [-0.2, 0) is 0 Å². The van der Waals surface area contributed by atoms with Gasteiger partial charge in [0, 0.05) is 6.26 Å². The number of hydrogen-bond acceptors (Lipinski definition) is 4. The third-order valence-corrected chi connectivity index (χ3v) is 2.26. The van der Waals surface area contributed by atoms with Gasteiger partial charge < -0.3 is 5.73 Å². The summed E-state index contributed by atoms with van der Waals surface area (Å²) in [6.07, 6.45) is 5.32. The minimum absolute atomic E-state index is 0.608. The third kappa shape index (κ3) is 1.14. The summed E-state index contributed by atoms with van der Waals surface area (Å²) < 4.78 is 1.06. The molecule has 1 heterocycles. The van der Waals surface area contributed by atoms with Crippen LogP contribution in [0.1, 0.15) is 0 Å². The molecule has 2 N–H and O–H groups in total. The van der Waals surface area contributed by atoms with Crippen LogP contribution >= 0.6 is 23.1 Å². The molecule has 2 nitrogen and oxygen atoms in total. The van der Waals surface area contributed by atoms with Gasteiger partial charge in [-0.25, -0.2) is 4.98 Å². The molecule has 0 atom stereocenters. The van der Waals surface area contributed by atoms with E-state index in [1.54, 1.807) is 6.20 Å². The van der Waals surface area contributed by atoms with E-state index in [1.807, 2.05) is 0 Å². The second kappa shape index (κ2) is 2.37. The Morgan fingerprint density at radius 1 is 1.88 bits per heavy atom. The molecule has 0 saturated heterocycles. The average Bonchev–Trinajstić information content (AvgIpc) is 2.14. The number of nitrogen functional groups attached to an aromatic ring is 1. The van der Waals surface area contributed by atoms with Crippen LogP contribution in [0.2, 0.25) is 0 Å². The van der Waals surface area contributed by atoms with Crippen molar-refractivity contribution < 1.29 is 0 Å². The first-order valence-electron chi connectivity index (χ1n) is 1.96. The molecule has 0 unspecified atom stereocenters. The molecule has 0 spiro atoms. The number of anilines is 1. The van der Waals surface area contributed by atoms with Crippen molar-refractivity contribution in [2.24, 2.45) is 0 Å². The summed E-state index contributed by atoms with van der Waals surface area (Å²) in [5, 5.41) is 0.608. The Kier molecular flexibility index (Phi) is 1.75. The maximum absolute atomic E-state index is 5.32. The Morgan fingerprint density at radius 3 is 2.88 bits per heavy atom. The Hall–Kier alpha value is -0.220. The van der Waals surface area contributed by atoms with Gasteiger partial charge in [0.25, 0.3) is 0 Å². The van der Waals surface area contributed by atoms with Gasteiger partial charge in [0.15, 0.2) is 5.13 Å². The van der Waals surface area contributed by atoms with Gasteiger partial charge in [0.1, 0.15) is 0 Å². The highest BCUT2D eigenvalue weighted by molar-refractivity contribution is 8.02. The Bertz CT molecular complexity index is 172. The SMILES string of the molecule is [CH2]Sc1cnc(N)s1. The molecule has 0 fully saturated rings. The van der Waals surface area contributed by atoms with E-state index in [1.165, 1.54) is 23.1 Å². The highest BCUT2D eigenvalue weighted by atomic mass is 32.2. The number of aromatic nitrogens is 1. The number of rotatable bonds is 1. The number of hydrogen-bond donors (Lipinski definition) is 1. The van der Waals surface area contributed by atoms with Crippen LogP contribution in [0.25, 0.3) is 0 Å². The zero-order valence-electron chi connectivity index (χ0n) is 4.13. The van der Waals surface area contributed by atoms with Gasteiger partial charge in [-0.1, -0.05) is 11.3 Å². The quantitative estimate of drug-likeness (QED) is 0.610. The van der Waals surface area contributed by atoms with Crippen LogP contribution in [0, 0.1) is 6.26 Å². The number of nitrogens with zero attached hydrogens (tertiary/aromatic N) is 1. The van der Waals surface area contributed by atoms with E-state index >= 15 is 0 Å². The molecule has 1 aromatic heterocycles. The lowest BCUT2D eigenvalue weighted by Crippen LogP contribution is -1.77. The van der Waals surface area contributed by atoms with Crippen molar-refractivity contribution in [2.45, 2.75) is 4.21 Å². The van der Waals surface area contributed by atoms with Crippen molar-refractivity contribution in [1.29, 1.82) is 0 Å². The fourth-order valence-electron chi connectivity index (χ4n) is 0.339. The molecule has 1 radical (unpaired) electrons. The first-order chi connectivity index (χ1) is 3.83. The van der Waals surface area contributed by atoms with Crippen molar-refractivity contribution >= 4 is 28.2 Å². The summed E-state index contributed by atoms with van der Waals surface area (Å²) in [4.78, 5) is 3.82. The summed E-state index contributed by atoms with van der Waals surface area (Å²) in [6.45, 7) is 0. The van der Waals surface area contributed by atoms with Crippen molar-refractivity contribution in [1.82, 2.24) is 4.98 Å². The lowest BCUT2D eigenvalue weighted by molar-refractivity contribution is 1.38. The first kappa shape index (κ1) is 5.91. The van der Waals surface area contributed by atoms with Gasteiger partial charge in [-0.2, -0.15) is 0 Å². The summed E-state index contributed by atoms with van der Waals surface area (Å²) in [5.74, 6) is 0. The zero-order valence-corrected chi connectivity index (χ0v) is 5.76. The predicted molar refractivity (Wildman–Crippen MR) is 37.7 cm³/mol. The molecule has 0 bridgehead atoms. The van der Waals surface area contributed by atoms with Gasteiger partial charge in [-0.3, -0.25) is 0 Å². The first-order valence-corrected chi connectivity index (χ1v) is 3.76. The Balaban J connectivity index is 2.84. The Morgan fingerprint density at radius 2 is 2.62 bits per heavy atom. The number of nitrogens with two attached hydrogens (primary N) is 1. The van der Waals surface area contributed by atoms with Crippen LogP contribution in [-0.4, -0.2) is 4.98 Å². The van der Waals surface area contributed by atoms with Crippen LogP contribution < -0.4 is 5.73 Å². The largest absolute Gasteiger partial charge is 0.375 e. The Labute approximate surface area is 56.1 Å². The van der Waals surface area contributed by atoms with Crippen LogP contribution in [0.5, 0.6) is 0 Å². The smallest absolute Gasteiger partial charge is 0.181 e. The molecule has 43 valence electrons. The van der Waals surface area contributed by atoms with Crippen LogP contribution in [0.15, 0.2) is 10.4 Å². The molecule has 0 aliphatic rings. The monoisotopic (exact) mass is 145 g/mol. The topological polar surface area (TPSA) is 38.9 Å². The average molecular weight is 145 g/mol. The fraction of sp³-hybridized carbons (Fsp3) is 0. The van der Waals surface area contributed by atoms with Crippen LogP contribution in [0.3, 0.4) is 0 Å². The fourth-order valence-corrected chi connectivity index (χ4v) is 1.37. The molecule has 4 heteroatoms. The lowest BCUT2D eigenvalue weighted by atomic mass is 11.0. The van der Waals surface area contributed by atoms with Crippen molar-refractivity contribution in [3.05, 3.63) is 12.5 Å². The second-order valence-electron chi connectivity index (χ2n) is 1.16.